The normalized spacial score (nSPS) is 13.8. The van der Waals surface area contributed by atoms with Crippen LogP contribution in [0.25, 0.3) is 12.2 Å². The van der Waals surface area contributed by atoms with Crippen LogP contribution in [0.2, 0.25) is 0 Å². The molecular weight excluding hydrogens is 218 g/mol. The lowest BCUT2D eigenvalue weighted by molar-refractivity contribution is 0.949. The quantitative estimate of drug-likeness (QED) is 0.729. The summed E-state index contributed by atoms with van der Waals surface area (Å²) in [5.41, 5.74) is 5.04. The first-order chi connectivity index (χ1) is 8.77. The van der Waals surface area contributed by atoms with Crippen molar-refractivity contribution in [1.29, 1.82) is 0 Å². The van der Waals surface area contributed by atoms with E-state index in [2.05, 4.69) is 37.1 Å². The molecule has 98 valence electrons. The van der Waals surface area contributed by atoms with Crippen LogP contribution in [0.1, 0.15) is 43.4 Å². The Bertz CT molecular complexity index is 412. The van der Waals surface area contributed by atoms with Gasteiger partial charge in [-0.1, -0.05) is 45.2 Å². The van der Waals surface area contributed by atoms with Crippen molar-refractivity contribution >= 4 is 17.8 Å². The largest absolute Gasteiger partial charge is 0.371 e. The lowest BCUT2D eigenvalue weighted by Gasteiger charge is -2.22. The van der Waals surface area contributed by atoms with E-state index in [9.17, 15) is 0 Å². The van der Waals surface area contributed by atoms with Crippen LogP contribution < -0.4 is 4.90 Å². The topological polar surface area (TPSA) is 3.24 Å². The average molecular weight is 243 g/mol. The van der Waals surface area contributed by atoms with Gasteiger partial charge in [0, 0.05) is 24.3 Å². The summed E-state index contributed by atoms with van der Waals surface area (Å²) in [7, 11) is 0. The van der Waals surface area contributed by atoms with Crippen molar-refractivity contribution < 1.29 is 0 Å². The van der Waals surface area contributed by atoms with Crippen molar-refractivity contribution in [3.05, 3.63) is 42.0 Å². The smallest absolute Gasteiger partial charge is 0.0445 e. The Labute approximate surface area is 112 Å². The van der Waals surface area contributed by atoms with E-state index in [1.165, 1.54) is 48.3 Å². The first-order valence-corrected chi connectivity index (χ1v) is 6.91. The van der Waals surface area contributed by atoms with Gasteiger partial charge in [0.15, 0.2) is 0 Å². The van der Waals surface area contributed by atoms with Crippen LogP contribution in [0.4, 0.5) is 5.69 Å². The molecule has 18 heavy (non-hydrogen) atoms. The summed E-state index contributed by atoms with van der Waals surface area (Å²) in [6.45, 7) is 16.3. The standard InChI is InChI=1S/C15H19N.C2H6/c1-4-13-12(3)8-9-15(14(13)5-2)16-10-6-7-11-16;1-2/h4-5,8-9H,1-2,6-7,10-11H2,3H3;1-2H3. The SMILES string of the molecule is C=Cc1c(C)ccc(N2CCCC2)c1C=C.CC. The molecule has 0 saturated carbocycles. The average Bonchev–Trinajstić information content (AvgIpc) is 2.94. The molecule has 0 unspecified atom stereocenters. The second-order valence-electron chi connectivity index (χ2n) is 4.33. The van der Waals surface area contributed by atoms with Crippen molar-refractivity contribution in [3.63, 3.8) is 0 Å². The minimum absolute atomic E-state index is 1.17. The van der Waals surface area contributed by atoms with Gasteiger partial charge in [-0.25, -0.2) is 0 Å². The van der Waals surface area contributed by atoms with E-state index in [0.717, 1.165) is 0 Å². The lowest BCUT2D eigenvalue weighted by atomic mass is 9.99. The van der Waals surface area contributed by atoms with Gasteiger partial charge in [0.2, 0.25) is 0 Å². The number of aryl methyl sites for hydroxylation is 1. The molecule has 0 spiro atoms. The molecule has 0 bridgehead atoms. The number of benzene rings is 1. The summed E-state index contributed by atoms with van der Waals surface area (Å²) in [4.78, 5) is 2.45. The number of rotatable bonds is 3. The molecule has 1 aliphatic heterocycles. The fourth-order valence-electron chi connectivity index (χ4n) is 2.45. The van der Waals surface area contributed by atoms with Crippen LogP contribution in [0.15, 0.2) is 25.3 Å². The molecule has 0 radical (unpaired) electrons. The molecule has 1 heteroatoms. The van der Waals surface area contributed by atoms with Gasteiger partial charge in [-0.3, -0.25) is 0 Å². The highest BCUT2D eigenvalue weighted by atomic mass is 15.1. The van der Waals surface area contributed by atoms with Gasteiger partial charge in [-0.15, -0.1) is 0 Å². The van der Waals surface area contributed by atoms with Gasteiger partial charge in [0.1, 0.15) is 0 Å². The number of hydrogen-bond donors (Lipinski definition) is 0. The monoisotopic (exact) mass is 243 g/mol. The summed E-state index contributed by atoms with van der Waals surface area (Å²) in [6, 6.07) is 4.39. The third kappa shape index (κ3) is 2.84. The van der Waals surface area contributed by atoms with Crippen molar-refractivity contribution in [3.8, 4) is 0 Å². The summed E-state index contributed by atoms with van der Waals surface area (Å²) in [5.74, 6) is 0. The maximum atomic E-state index is 3.94. The van der Waals surface area contributed by atoms with Crippen LogP contribution in [-0.4, -0.2) is 13.1 Å². The Hall–Kier alpha value is -1.50. The Kier molecular flexibility index (Phi) is 5.70. The minimum Gasteiger partial charge on any atom is -0.371 e. The first kappa shape index (κ1) is 14.6. The zero-order valence-corrected chi connectivity index (χ0v) is 12.0. The molecule has 1 fully saturated rings. The van der Waals surface area contributed by atoms with Gasteiger partial charge < -0.3 is 4.90 Å². The van der Waals surface area contributed by atoms with Crippen molar-refractivity contribution in [2.24, 2.45) is 0 Å². The van der Waals surface area contributed by atoms with Crippen molar-refractivity contribution in [2.75, 3.05) is 18.0 Å². The maximum absolute atomic E-state index is 3.94. The van der Waals surface area contributed by atoms with E-state index in [4.69, 9.17) is 0 Å². The Balaban J connectivity index is 0.000000771. The third-order valence-corrected chi connectivity index (χ3v) is 3.34. The number of nitrogens with zero attached hydrogens (tertiary/aromatic N) is 1. The Morgan fingerprint density at radius 2 is 1.56 bits per heavy atom. The predicted octanol–water partition coefficient (Wildman–Crippen LogP) is 4.91. The van der Waals surface area contributed by atoms with Crippen molar-refractivity contribution in [1.82, 2.24) is 0 Å². The zero-order chi connectivity index (χ0) is 13.5. The fraction of sp³-hybridized carbons (Fsp3) is 0.412. The molecular formula is C17H25N. The summed E-state index contributed by atoms with van der Waals surface area (Å²) < 4.78 is 0. The Morgan fingerprint density at radius 1 is 1.00 bits per heavy atom. The van der Waals surface area contributed by atoms with Gasteiger partial charge in [-0.2, -0.15) is 0 Å². The summed E-state index contributed by atoms with van der Waals surface area (Å²) in [5, 5.41) is 0. The molecule has 1 aliphatic rings. The van der Waals surface area contributed by atoms with Gasteiger partial charge in [-0.05, 0) is 37.0 Å². The predicted molar refractivity (Wildman–Crippen MR) is 84.2 cm³/mol. The summed E-state index contributed by atoms with van der Waals surface area (Å²) >= 11 is 0. The van der Waals surface area contributed by atoms with E-state index < -0.39 is 0 Å². The lowest BCUT2D eigenvalue weighted by Crippen LogP contribution is -2.19. The highest BCUT2D eigenvalue weighted by molar-refractivity contribution is 5.77. The number of anilines is 1. The van der Waals surface area contributed by atoms with Crippen LogP contribution in [0.3, 0.4) is 0 Å². The molecule has 0 aromatic heterocycles. The van der Waals surface area contributed by atoms with Gasteiger partial charge in [0.05, 0.1) is 0 Å². The van der Waals surface area contributed by atoms with E-state index >= 15 is 0 Å². The molecule has 0 aliphatic carbocycles. The van der Waals surface area contributed by atoms with E-state index in [1.54, 1.807) is 0 Å². The second-order valence-corrected chi connectivity index (χ2v) is 4.33. The molecule has 0 amide bonds. The van der Waals surface area contributed by atoms with Crippen LogP contribution in [-0.2, 0) is 0 Å². The molecule has 1 saturated heterocycles. The molecule has 0 atom stereocenters. The molecule has 1 aromatic carbocycles. The molecule has 0 N–H and O–H groups in total. The van der Waals surface area contributed by atoms with Crippen LogP contribution in [0, 0.1) is 6.92 Å². The molecule has 1 nitrogen and oxygen atoms in total. The van der Waals surface area contributed by atoms with E-state index in [-0.39, 0.29) is 0 Å². The third-order valence-electron chi connectivity index (χ3n) is 3.34. The second kappa shape index (κ2) is 7.05. The first-order valence-electron chi connectivity index (χ1n) is 6.91. The fourth-order valence-corrected chi connectivity index (χ4v) is 2.45. The summed E-state index contributed by atoms with van der Waals surface area (Å²) in [6.07, 6.45) is 6.49. The van der Waals surface area contributed by atoms with E-state index in [0.29, 0.717) is 0 Å². The van der Waals surface area contributed by atoms with Gasteiger partial charge >= 0.3 is 0 Å². The number of hydrogen-bond acceptors (Lipinski definition) is 1. The highest BCUT2D eigenvalue weighted by Crippen LogP contribution is 2.30. The minimum atomic E-state index is 1.17. The highest BCUT2D eigenvalue weighted by Gasteiger charge is 2.16. The molecule has 1 aromatic rings. The van der Waals surface area contributed by atoms with E-state index in [1.807, 2.05) is 26.0 Å². The van der Waals surface area contributed by atoms with Gasteiger partial charge in [0.25, 0.3) is 0 Å². The van der Waals surface area contributed by atoms with Crippen LogP contribution >= 0.6 is 0 Å². The zero-order valence-electron chi connectivity index (χ0n) is 12.0. The molecule has 1 heterocycles. The van der Waals surface area contributed by atoms with Crippen molar-refractivity contribution in [2.45, 2.75) is 33.6 Å². The Morgan fingerprint density at radius 3 is 2.06 bits per heavy atom. The van der Waals surface area contributed by atoms with Crippen LogP contribution in [0.5, 0.6) is 0 Å². The maximum Gasteiger partial charge on any atom is 0.0445 e. The molecule has 2 rings (SSSR count).